The first-order chi connectivity index (χ1) is 8.25. The number of aliphatic hydroxyl groups is 1. The van der Waals surface area contributed by atoms with E-state index in [4.69, 9.17) is 5.73 Å². The predicted molar refractivity (Wildman–Crippen MR) is 68.6 cm³/mol. The minimum atomic E-state index is -0.244. The van der Waals surface area contributed by atoms with Gasteiger partial charge in [0.2, 0.25) is 0 Å². The van der Waals surface area contributed by atoms with Crippen molar-refractivity contribution in [3.63, 3.8) is 0 Å². The third-order valence-corrected chi connectivity index (χ3v) is 3.91. The molecule has 1 aliphatic carbocycles. The third kappa shape index (κ3) is 2.17. The molecule has 1 aromatic rings. The molecule has 1 heterocycles. The molecule has 1 saturated heterocycles. The van der Waals surface area contributed by atoms with E-state index in [2.05, 4.69) is 11.0 Å². The van der Waals surface area contributed by atoms with Crippen molar-refractivity contribution >= 4 is 5.69 Å². The SMILES string of the molecule is Nc1cccc(C2C(O)CCCN2C2CC2)c1. The number of nitrogen functional groups attached to an aromatic ring is 1. The first kappa shape index (κ1) is 11.1. The van der Waals surface area contributed by atoms with Crippen molar-refractivity contribution in [2.24, 2.45) is 0 Å². The molecule has 92 valence electrons. The number of hydrogen-bond acceptors (Lipinski definition) is 3. The summed E-state index contributed by atoms with van der Waals surface area (Å²) in [5.74, 6) is 0. The highest BCUT2D eigenvalue weighted by atomic mass is 16.3. The van der Waals surface area contributed by atoms with Crippen molar-refractivity contribution < 1.29 is 5.11 Å². The second-order valence-electron chi connectivity index (χ2n) is 5.29. The lowest BCUT2D eigenvalue weighted by molar-refractivity contribution is 0.00503. The van der Waals surface area contributed by atoms with Crippen LogP contribution in [-0.4, -0.2) is 28.7 Å². The van der Waals surface area contributed by atoms with Crippen molar-refractivity contribution in [3.8, 4) is 0 Å². The zero-order valence-corrected chi connectivity index (χ0v) is 10.0. The van der Waals surface area contributed by atoms with E-state index in [1.54, 1.807) is 0 Å². The summed E-state index contributed by atoms with van der Waals surface area (Å²) < 4.78 is 0. The lowest BCUT2D eigenvalue weighted by Gasteiger charge is -2.39. The highest BCUT2D eigenvalue weighted by molar-refractivity contribution is 5.42. The summed E-state index contributed by atoms with van der Waals surface area (Å²) in [5.41, 5.74) is 7.81. The third-order valence-electron chi connectivity index (χ3n) is 3.91. The van der Waals surface area contributed by atoms with Crippen LogP contribution in [-0.2, 0) is 0 Å². The van der Waals surface area contributed by atoms with Gasteiger partial charge >= 0.3 is 0 Å². The largest absolute Gasteiger partial charge is 0.399 e. The second kappa shape index (κ2) is 4.31. The van der Waals surface area contributed by atoms with Crippen LogP contribution in [0.2, 0.25) is 0 Å². The normalized spacial score (nSPS) is 30.4. The van der Waals surface area contributed by atoms with Crippen molar-refractivity contribution in [3.05, 3.63) is 29.8 Å². The van der Waals surface area contributed by atoms with Crippen molar-refractivity contribution in [2.45, 2.75) is 43.9 Å². The van der Waals surface area contributed by atoms with E-state index < -0.39 is 0 Å². The van der Waals surface area contributed by atoms with Crippen LogP contribution < -0.4 is 5.73 Å². The maximum Gasteiger partial charge on any atom is 0.0737 e. The Balaban J connectivity index is 1.90. The summed E-state index contributed by atoms with van der Waals surface area (Å²) >= 11 is 0. The van der Waals surface area contributed by atoms with Gasteiger partial charge in [-0.25, -0.2) is 0 Å². The van der Waals surface area contributed by atoms with Gasteiger partial charge in [0.25, 0.3) is 0 Å². The van der Waals surface area contributed by atoms with Crippen LogP contribution in [0.15, 0.2) is 24.3 Å². The summed E-state index contributed by atoms with van der Waals surface area (Å²) in [6.07, 6.45) is 4.34. The van der Waals surface area contributed by atoms with E-state index in [9.17, 15) is 5.11 Å². The Morgan fingerprint density at radius 3 is 2.76 bits per heavy atom. The van der Waals surface area contributed by atoms with Crippen LogP contribution >= 0.6 is 0 Å². The number of hydrogen-bond donors (Lipinski definition) is 2. The Bertz CT molecular complexity index is 403. The zero-order valence-electron chi connectivity index (χ0n) is 10.0. The van der Waals surface area contributed by atoms with Crippen LogP contribution in [0.5, 0.6) is 0 Å². The fourth-order valence-corrected chi connectivity index (χ4v) is 2.97. The molecular weight excluding hydrogens is 212 g/mol. The average molecular weight is 232 g/mol. The monoisotopic (exact) mass is 232 g/mol. The second-order valence-corrected chi connectivity index (χ2v) is 5.29. The Morgan fingerprint density at radius 2 is 2.06 bits per heavy atom. The molecule has 2 aliphatic rings. The molecule has 2 atom stereocenters. The number of anilines is 1. The number of likely N-dealkylation sites (tertiary alicyclic amines) is 1. The molecule has 0 aromatic heterocycles. The summed E-state index contributed by atoms with van der Waals surface area (Å²) in [4.78, 5) is 2.48. The molecule has 2 fully saturated rings. The van der Waals surface area contributed by atoms with Crippen LogP contribution in [0.25, 0.3) is 0 Å². The van der Waals surface area contributed by atoms with Gasteiger partial charge in [-0.05, 0) is 49.9 Å². The predicted octanol–water partition coefficient (Wildman–Crippen LogP) is 1.93. The summed E-state index contributed by atoms with van der Waals surface area (Å²) in [6, 6.07) is 8.83. The van der Waals surface area contributed by atoms with Crippen molar-refractivity contribution in [1.82, 2.24) is 4.90 Å². The summed E-state index contributed by atoms with van der Waals surface area (Å²) in [7, 11) is 0. The molecule has 0 radical (unpaired) electrons. The number of nitrogens with zero attached hydrogens (tertiary/aromatic N) is 1. The Labute approximate surface area is 102 Å². The quantitative estimate of drug-likeness (QED) is 0.766. The molecule has 0 spiro atoms. The van der Waals surface area contributed by atoms with E-state index in [-0.39, 0.29) is 12.1 Å². The number of benzene rings is 1. The van der Waals surface area contributed by atoms with Gasteiger partial charge in [-0.15, -0.1) is 0 Å². The number of aliphatic hydroxyl groups excluding tert-OH is 1. The van der Waals surface area contributed by atoms with Gasteiger partial charge < -0.3 is 10.8 Å². The van der Waals surface area contributed by atoms with Gasteiger partial charge in [0.05, 0.1) is 12.1 Å². The summed E-state index contributed by atoms with van der Waals surface area (Å²) in [6.45, 7) is 1.11. The minimum absolute atomic E-state index is 0.153. The molecule has 1 aromatic carbocycles. The van der Waals surface area contributed by atoms with Gasteiger partial charge in [-0.1, -0.05) is 12.1 Å². The molecule has 1 saturated carbocycles. The average Bonchev–Trinajstić information content (AvgIpc) is 3.12. The Morgan fingerprint density at radius 1 is 1.24 bits per heavy atom. The minimum Gasteiger partial charge on any atom is -0.399 e. The van der Waals surface area contributed by atoms with Crippen LogP contribution in [0.4, 0.5) is 5.69 Å². The Kier molecular flexibility index (Phi) is 2.81. The molecule has 3 heteroatoms. The zero-order chi connectivity index (χ0) is 11.8. The van der Waals surface area contributed by atoms with Crippen molar-refractivity contribution in [1.29, 1.82) is 0 Å². The highest BCUT2D eigenvalue weighted by Crippen LogP contribution is 2.40. The van der Waals surface area contributed by atoms with Crippen LogP contribution in [0, 0.1) is 0 Å². The lowest BCUT2D eigenvalue weighted by atomic mass is 9.92. The smallest absolute Gasteiger partial charge is 0.0737 e. The van der Waals surface area contributed by atoms with E-state index in [1.165, 1.54) is 18.4 Å². The maximum absolute atomic E-state index is 10.3. The number of rotatable bonds is 2. The topological polar surface area (TPSA) is 49.5 Å². The molecule has 0 amide bonds. The van der Waals surface area contributed by atoms with Crippen molar-refractivity contribution in [2.75, 3.05) is 12.3 Å². The van der Waals surface area contributed by atoms with Gasteiger partial charge in [-0.2, -0.15) is 0 Å². The van der Waals surface area contributed by atoms with Crippen LogP contribution in [0.3, 0.4) is 0 Å². The van der Waals surface area contributed by atoms with Gasteiger partial charge in [0.15, 0.2) is 0 Å². The summed E-state index contributed by atoms with van der Waals surface area (Å²) in [5, 5.41) is 10.3. The molecular formula is C14H20N2O. The fourth-order valence-electron chi connectivity index (χ4n) is 2.97. The fraction of sp³-hybridized carbons (Fsp3) is 0.571. The molecule has 3 rings (SSSR count). The van der Waals surface area contributed by atoms with E-state index in [0.29, 0.717) is 6.04 Å². The lowest BCUT2D eigenvalue weighted by Crippen LogP contribution is -2.42. The first-order valence-corrected chi connectivity index (χ1v) is 6.55. The number of piperidine rings is 1. The molecule has 2 unspecified atom stereocenters. The van der Waals surface area contributed by atoms with E-state index in [0.717, 1.165) is 25.1 Å². The molecule has 3 N–H and O–H groups in total. The van der Waals surface area contributed by atoms with Crippen LogP contribution in [0.1, 0.15) is 37.3 Å². The standard InChI is InChI=1S/C14H20N2O/c15-11-4-1-3-10(9-11)14-13(17)5-2-8-16(14)12-6-7-12/h1,3-4,9,12-14,17H,2,5-8,15H2. The number of nitrogens with two attached hydrogens (primary N) is 1. The van der Waals surface area contributed by atoms with Gasteiger partial charge in [0, 0.05) is 11.7 Å². The van der Waals surface area contributed by atoms with Gasteiger partial charge in [-0.3, -0.25) is 4.90 Å². The van der Waals surface area contributed by atoms with Gasteiger partial charge in [0.1, 0.15) is 0 Å². The van der Waals surface area contributed by atoms with E-state index in [1.807, 2.05) is 18.2 Å². The molecule has 17 heavy (non-hydrogen) atoms. The molecule has 3 nitrogen and oxygen atoms in total. The highest BCUT2D eigenvalue weighted by Gasteiger charge is 2.39. The molecule has 1 aliphatic heterocycles. The molecule has 0 bridgehead atoms. The first-order valence-electron chi connectivity index (χ1n) is 6.55. The van der Waals surface area contributed by atoms with E-state index >= 15 is 0 Å². The maximum atomic E-state index is 10.3. The Hall–Kier alpha value is -1.06.